The summed E-state index contributed by atoms with van der Waals surface area (Å²) in [6.07, 6.45) is 0.777. The second kappa shape index (κ2) is 5.48. The van der Waals surface area contributed by atoms with Crippen molar-refractivity contribution in [2.24, 2.45) is 11.7 Å². The lowest BCUT2D eigenvalue weighted by Gasteiger charge is -2.20. The number of halogens is 4. The number of hydrogen-bond donors (Lipinski definition) is 2. The van der Waals surface area contributed by atoms with Crippen LogP contribution < -0.4 is 5.73 Å². The molecule has 0 aliphatic heterocycles. The average molecular weight is 284 g/mol. The summed E-state index contributed by atoms with van der Waals surface area (Å²) in [6, 6.07) is 1.12. The molecule has 2 atom stereocenters. The van der Waals surface area contributed by atoms with Crippen LogP contribution in [0.2, 0.25) is 5.02 Å². The summed E-state index contributed by atoms with van der Waals surface area (Å²) in [6.45, 7) is 0. The minimum Gasteiger partial charge on any atom is -0.391 e. The largest absolute Gasteiger partial charge is 0.391 e. The number of aliphatic hydroxyl groups is 1. The molecule has 1 aromatic carbocycles. The summed E-state index contributed by atoms with van der Waals surface area (Å²) in [4.78, 5) is 0. The highest BCUT2D eigenvalue weighted by Gasteiger charge is 2.36. The maximum Gasteiger partial charge on any atom is 0.149 e. The third kappa shape index (κ3) is 2.88. The highest BCUT2D eigenvalue weighted by Crippen LogP contribution is 2.38. The summed E-state index contributed by atoms with van der Waals surface area (Å²) in [5.41, 5.74) is 5.33. The lowest BCUT2D eigenvalue weighted by molar-refractivity contribution is 0.119. The SMILES string of the molecule is Cl.N[C@@H](c1c(F)ccc(Cl)c1F)[C@H](O)C1CC1. The first-order valence-corrected chi connectivity index (χ1v) is 5.47. The average Bonchev–Trinajstić information content (AvgIpc) is 3.06. The van der Waals surface area contributed by atoms with Gasteiger partial charge in [0.1, 0.15) is 11.6 Å². The summed E-state index contributed by atoms with van der Waals surface area (Å²) >= 11 is 5.55. The maximum absolute atomic E-state index is 13.6. The Morgan fingerprint density at radius 1 is 1.35 bits per heavy atom. The zero-order valence-electron chi connectivity index (χ0n) is 8.87. The van der Waals surface area contributed by atoms with Gasteiger partial charge in [0.25, 0.3) is 0 Å². The van der Waals surface area contributed by atoms with Gasteiger partial charge < -0.3 is 10.8 Å². The Labute approximate surface area is 109 Å². The minimum absolute atomic E-state index is 0. The van der Waals surface area contributed by atoms with Crippen molar-refractivity contribution >= 4 is 24.0 Å². The maximum atomic E-state index is 13.6. The van der Waals surface area contributed by atoms with E-state index in [4.69, 9.17) is 17.3 Å². The van der Waals surface area contributed by atoms with Gasteiger partial charge >= 0.3 is 0 Å². The summed E-state index contributed by atoms with van der Waals surface area (Å²) < 4.78 is 27.0. The van der Waals surface area contributed by atoms with E-state index >= 15 is 0 Å². The van der Waals surface area contributed by atoms with Gasteiger partial charge in [-0.3, -0.25) is 0 Å². The van der Waals surface area contributed by atoms with Gasteiger partial charge in [0.05, 0.1) is 17.2 Å². The highest BCUT2D eigenvalue weighted by molar-refractivity contribution is 6.30. The van der Waals surface area contributed by atoms with E-state index in [1.807, 2.05) is 0 Å². The van der Waals surface area contributed by atoms with Crippen molar-refractivity contribution in [3.8, 4) is 0 Å². The molecule has 0 unspecified atom stereocenters. The van der Waals surface area contributed by atoms with Gasteiger partial charge in [0, 0.05) is 5.56 Å². The van der Waals surface area contributed by atoms with Crippen LogP contribution >= 0.6 is 24.0 Å². The van der Waals surface area contributed by atoms with E-state index in [1.54, 1.807) is 0 Å². The zero-order valence-corrected chi connectivity index (χ0v) is 10.4. The molecule has 1 aromatic rings. The molecule has 0 heterocycles. The van der Waals surface area contributed by atoms with Gasteiger partial charge in [-0.25, -0.2) is 8.78 Å². The van der Waals surface area contributed by atoms with Gasteiger partial charge in [0.2, 0.25) is 0 Å². The molecule has 0 radical (unpaired) electrons. The smallest absolute Gasteiger partial charge is 0.149 e. The van der Waals surface area contributed by atoms with Gasteiger partial charge in [0.15, 0.2) is 0 Å². The quantitative estimate of drug-likeness (QED) is 0.838. The van der Waals surface area contributed by atoms with Crippen molar-refractivity contribution in [3.63, 3.8) is 0 Å². The van der Waals surface area contributed by atoms with Crippen molar-refractivity contribution in [1.29, 1.82) is 0 Å². The molecule has 0 spiro atoms. The topological polar surface area (TPSA) is 46.2 Å². The first-order valence-electron chi connectivity index (χ1n) is 5.09. The van der Waals surface area contributed by atoms with E-state index < -0.39 is 23.8 Å². The van der Waals surface area contributed by atoms with Crippen LogP contribution in [0.1, 0.15) is 24.4 Å². The van der Waals surface area contributed by atoms with E-state index in [9.17, 15) is 13.9 Å². The minimum atomic E-state index is -1.06. The van der Waals surface area contributed by atoms with Gasteiger partial charge in [-0.05, 0) is 30.9 Å². The summed E-state index contributed by atoms with van der Waals surface area (Å²) in [5, 5.41) is 9.56. The molecule has 1 fully saturated rings. The fraction of sp³-hybridized carbons (Fsp3) is 0.455. The van der Waals surface area contributed by atoms with E-state index in [-0.39, 0.29) is 28.9 Å². The Hall–Kier alpha value is -0.420. The molecule has 2 nitrogen and oxygen atoms in total. The number of rotatable bonds is 3. The van der Waals surface area contributed by atoms with Crippen LogP contribution in [-0.4, -0.2) is 11.2 Å². The lowest BCUT2D eigenvalue weighted by atomic mass is 9.98. The normalized spacial score (nSPS) is 18.4. The molecule has 96 valence electrons. The molecular weight excluding hydrogens is 271 g/mol. The van der Waals surface area contributed by atoms with E-state index in [2.05, 4.69) is 0 Å². The zero-order chi connectivity index (χ0) is 11.9. The molecule has 0 bridgehead atoms. The molecule has 6 heteroatoms. The van der Waals surface area contributed by atoms with Crippen LogP contribution in [0.15, 0.2) is 12.1 Å². The van der Waals surface area contributed by atoms with Crippen LogP contribution in [0, 0.1) is 17.6 Å². The highest BCUT2D eigenvalue weighted by atomic mass is 35.5. The van der Waals surface area contributed by atoms with Crippen LogP contribution in [0.4, 0.5) is 8.78 Å². The lowest BCUT2D eigenvalue weighted by Crippen LogP contribution is -2.29. The van der Waals surface area contributed by atoms with Crippen molar-refractivity contribution in [3.05, 3.63) is 34.4 Å². The first-order chi connectivity index (χ1) is 7.52. The monoisotopic (exact) mass is 283 g/mol. The van der Waals surface area contributed by atoms with Crippen molar-refractivity contribution in [2.75, 3.05) is 0 Å². The first kappa shape index (κ1) is 14.6. The fourth-order valence-corrected chi connectivity index (χ4v) is 1.91. The molecule has 1 aliphatic carbocycles. The van der Waals surface area contributed by atoms with Crippen LogP contribution in [0.25, 0.3) is 0 Å². The Morgan fingerprint density at radius 2 is 1.94 bits per heavy atom. The third-order valence-corrected chi connectivity index (χ3v) is 3.18. The molecule has 0 saturated heterocycles. The van der Waals surface area contributed by atoms with Crippen molar-refractivity contribution in [1.82, 2.24) is 0 Å². The second-order valence-corrected chi connectivity index (χ2v) is 4.52. The Kier molecular flexibility index (Phi) is 4.72. The second-order valence-electron chi connectivity index (χ2n) is 4.11. The molecule has 1 saturated carbocycles. The van der Waals surface area contributed by atoms with Crippen LogP contribution in [0.3, 0.4) is 0 Å². The van der Waals surface area contributed by atoms with E-state index in [0.29, 0.717) is 0 Å². The molecule has 17 heavy (non-hydrogen) atoms. The standard InChI is InChI=1S/C11H12ClF2NO.ClH/c12-6-3-4-7(13)8(9(6)14)10(15)11(16)5-1-2-5;/h3-5,10-11,16H,1-2,15H2;1H/t10-,11+;/m0./s1. The molecular formula is C11H13Cl2F2NO. The number of hydrogen-bond acceptors (Lipinski definition) is 2. The predicted molar refractivity (Wildman–Crippen MR) is 64.3 cm³/mol. The summed E-state index contributed by atoms with van der Waals surface area (Å²) in [5.74, 6) is -1.60. The Morgan fingerprint density at radius 3 is 2.47 bits per heavy atom. The third-order valence-electron chi connectivity index (χ3n) is 2.89. The number of benzene rings is 1. The van der Waals surface area contributed by atoms with Gasteiger partial charge in [-0.1, -0.05) is 11.6 Å². The predicted octanol–water partition coefficient (Wildman–Crippen LogP) is 2.81. The number of nitrogens with two attached hydrogens (primary N) is 1. The van der Waals surface area contributed by atoms with Gasteiger partial charge in [-0.2, -0.15) is 0 Å². The van der Waals surface area contributed by atoms with E-state index in [0.717, 1.165) is 25.0 Å². The number of aliphatic hydroxyl groups excluding tert-OH is 1. The van der Waals surface area contributed by atoms with Crippen molar-refractivity contribution in [2.45, 2.75) is 25.0 Å². The Balaban J connectivity index is 0.00000144. The Bertz CT molecular complexity index is 413. The van der Waals surface area contributed by atoms with E-state index in [1.165, 1.54) is 0 Å². The van der Waals surface area contributed by atoms with Crippen LogP contribution in [-0.2, 0) is 0 Å². The molecule has 0 amide bonds. The molecule has 3 N–H and O–H groups in total. The molecule has 0 aromatic heterocycles. The molecule has 2 rings (SSSR count). The summed E-state index contributed by atoms with van der Waals surface area (Å²) in [7, 11) is 0. The van der Waals surface area contributed by atoms with Gasteiger partial charge in [-0.15, -0.1) is 12.4 Å². The molecule has 1 aliphatic rings. The van der Waals surface area contributed by atoms with Crippen LogP contribution in [0.5, 0.6) is 0 Å². The fourth-order valence-electron chi connectivity index (χ4n) is 1.75. The van der Waals surface area contributed by atoms with Crippen molar-refractivity contribution < 1.29 is 13.9 Å².